The third-order valence-corrected chi connectivity index (χ3v) is 3.36. The molecule has 1 aromatic rings. The number of carbonyl (C=O) groups excluding carboxylic acids is 2. The third-order valence-electron chi connectivity index (χ3n) is 3.36. The lowest BCUT2D eigenvalue weighted by atomic mass is 10.1. The van der Waals surface area contributed by atoms with Crippen molar-refractivity contribution in [3.63, 3.8) is 0 Å². The van der Waals surface area contributed by atoms with Crippen LogP contribution < -0.4 is 0 Å². The van der Waals surface area contributed by atoms with Gasteiger partial charge in [0.1, 0.15) is 5.56 Å². The summed E-state index contributed by atoms with van der Waals surface area (Å²) in [7, 11) is 0. The highest BCUT2D eigenvalue weighted by Crippen LogP contribution is 2.19. The summed E-state index contributed by atoms with van der Waals surface area (Å²) in [4.78, 5) is 39.8. The second kappa shape index (κ2) is 6.79. The number of para-hydroxylation sites is 1. The average molecular weight is 305 g/mol. The number of amides is 1. The van der Waals surface area contributed by atoms with Crippen molar-refractivity contribution in [3.05, 3.63) is 39.9 Å². The quantitative estimate of drug-likeness (QED) is 0.481. The van der Waals surface area contributed by atoms with Gasteiger partial charge >= 0.3 is 5.97 Å². The van der Waals surface area contributed by atoms with E-state index in [1.54, 1.807) is 4.90 Å². The highest BCUT2D eigenvalue weighted by Gasteiger charge is 2.22. The number of benzene rings is 1. The van der Waals surface area contributed by atoms with Crippen LogP contribution in [-0.2, 0) is 9.63 Å². The van der Waals surface area contributed by atoms with Crippen molar-refractivity contribution < 1.29 is 19.3 Å². The minimum atomic E-state index is -0.867. The highest BCUT2D eigenvalue weighted by atomic mass is 16.7. The number of piperidine rings is 1. The van der Waals surface area contributed by atoms with E-state index in [1.807, 2.05) is 0 Å². The van der Waals surface area contributed by atoms with Crippen molar-refractivity contribution in [2.75, 3.05) is 13.1 Å². The minimum absolute atomic E-state index is 0.00375. The lowest BCUT2D eigenvalue weighted by Crippen LogP contribution is -2.37. The molecule has 116 valence electrons. The predicted molar refractivity (Wildman–Crippen MR) is 77.4 cm³/mol. The van der Waals surface area contributed by atoms with E-state index in [4.69, 9.17) is 4.84 Å². The summed E-state index contributed by atoms with van der Waals surface area (Å²) in [5.74, 6) is -0.871. The molecular weight excluding hydrogens is 290 g/mol. The maximum atomic E-state index is 11.9. The van der Waals surface area contributed by atoms with Crippen LogP contribution in [0, 0.1) is 10.1 Å². The van der Waals surface area contributed by atoms with E-state index in [9.17, 15) is 19.7 Å². The molecule has 22 heavy (non-hydrogen) atoms. The summed E-state index contributed by atoms with van der Waals surface area (Å²) in [5, 5.41) is 14.6. The normalized spacial score (nSPS) is 14.4. The van der Waals surface area contributed by atoms with Crippen LogP contribution in [0.2, 0.25) is 0 Å². The van der Waals surface area contributed by atoms with Crippen LogP contribution in [0.3, 0.4) is 0 Å². The Hall–Kier alpha value is -2.77. The van der Waals surface area contributed by atoms with E-state index in [2.05, 4.69) is 5.16 Å². The van der Waals surface area contributed by atoms with Crippen molar-refractivity contribution in [1.29, 1.82) is 0 Å². The molecule has 0 aliphatic carbocycles. The van der Waals surface area contributed by atoms with Crippen LogP contribution in [-0.4, -0.2) is 40.5 Å². The topological polar surface area (TPSA) is 102 Å². The summed E-state index contributed by atoms with van der Waals surface area (Å²) in [6, 6.07) is 5.54. The zero-order valence-electron chi connectivity index (χ0n) is 12.0. The van der Waals surface area contributed by atoms with Crippen molar-refractivity contribution >= 4 is 23.3 Å². The number of oxime groups is 1. The number of nitro groups is 1. The van der Waals surface area contributed by atoms with E-state index in [1.165, 1.54) is 31.2 Å². The molecule has 1 aliphatic rings. The lowest BCUT2D eigenvalue weighted by molar-refractivity contribution is -0.385. The van der Waals surface area contributed by atoms with Gasteiger partial charge in [-0.05, 0) is 6.07 Å². The Labute approximate surface area is 126 Å². The molecular formula is C14H15N3O5. The van der Waals surface area contributed by atoms with Gasteiger partial charge in [-0.2, -0.15) is 0 Å². The van der Waals surface area contributed by atoms with Crippen molar-refractivity contribution in [2.45, 2.75) is 19.8 Å². The largest absolute Gasteiger partial charge is 0.372 e. The number of carbonyl (C=O) groups is 2. The fourth-order valence-electron chi connectivity index (χ4n) is 2.13. The molecule has 1 fully saturated rings. The van der Waals surface area contributed by atoms with Gasteiger partial charge in [0.15, 0.2) is 0 Å². The molecule has 0 unspecified atom stereocenters. The Kier molecular flexibility index (Phi) is 4.82. The number of hydrogen-bond acceptors (Lipinski definition) is 6. The van der Waals surface area contributed by atoms with Gasteiger partial charge in [0.05, 0.1) is 10.6 Å². The molecule has 1 saturated heterocycles. The minimum Gasteiger partial charge on any atom is -0.342 e. The Bertz CT molecular complexity index is 631. The van der Waals surface area contributed by atoms with Gasteiger partial charge < -0.3 is 9.74 Å². The summed E-state index contributed by atoms with van der Waals surface area (Å²) in [6.45, 7) is 2.55. The molecule has 0 atom stereocenters. The first-order valence-electron chi connectivity index (χ1n) is 6.75. The maximum absolute atomic E-state index is 11.9. The fourth-order valence-corrected chi connectivity index (χ4v) is 2.13. The average Bonchev–Trinajstić information content (AvgIpc) is 2.53. The second-order valence-electron chi connectivity index (χ2n) is 4.82. The Morgan fingerprint density at radius 2 is 1.91 bits per heavy atom. The first kappa shape index (κ1) is 15.6. The van der Waals surface area contributed by atoms with Crippen molar-refractivity contribution in [2.24, 2.45) is 5.16 Å². The zero-order valence-corrected chi connectivity index (χ0v) is 12.0. The van der Waals surface area contributed by atoms with Gasteiger partial charge in [-0.15, -0.1) is 0 Å². The number of likely N-dealkylation sites (tertiary alicyclic amines) is 1. The van der Waals surface area contributed by atoms with Gasteiger partial charge in [-0.3, -0.25) is 14.9 Å². The number of rotatable bonds is 3. The van der Waals surface area contributed by atoms with Crippen LogP contribution in [0.5, 0.6) is 0 Å². The van der Waals surface area contributed by atoms with E-state index in [0.29, 0.717) is 31.6 Å². The molecule has 8 nitrogen and oxygen atoms in total. The molecule has 8 heteroatoms. The molecule has 0 radical (unpaired) electrons. The number of nitro benzene ring substituents is 1. The van der Waals surface area contributed by atoms with Crippen LogP contribution in [0.25, 0.3) is 0 Å². The van der Waals surface area contributed by atoms with E-state index >= 15 is 0 Å². The van der Waals surface area contributed by atoms with E-state index < -0.39 is 10.9 Å². The van der Waals surface area contributed by atoms with Gasteiger partial charge in [0.2, 0.25) is 5.91 Å². The first-order chi connectivity index (χ1) is 10.5. The Balaban J connectivity index is 2.01. The molecule has 1 amide bonds. The molecule has 0 bridgehead atoms. The van der Waals surface area contributed by atoms with Crippen LogP contribution in [0.1, 0.15) is 30.1 Å². The molecule has 1 aromatic carbocycles. The van der Waals surface area contributed by atoms with Gasteiger partial charge in [0.25, 0.3) is 5.69 Å². The van der Waals surface area contributed by atoms with Crippen LogP contribution in [0.15, 0.2) is 29.4 Å². The van der Waals surface area contributed by atoms with Crippen molar-refractivity contribution in [1.82, 2.24) is 4.90 Å². The smallest absolute Gasteiger partial charge is 0.342 e. The van der Waals surface area contributed by atoms with E-state index in [0.717, 1.165) is 0 Å². The third kappa shape index (κ3) is 3.66. The van der Waals surface area contributed by atoms with Gasteiger partial charge in [-0.25, -0.2) is 4.79 Å². The van der Waals surface area contributed by atoms with E-state index in [-0.39, 0.29) is 17.2 Å². The van der Waals surface area contributed by atoms with Gasteiger partial charge in [0, 0.05) is 38.9 Å². The zero-order chi connectivity index (χ0) is 16.1. The maximum Gasteiger partial charge on any atom is 0.372 e. The first-order valence-corrected chi connectivity index (χ1v) is 6.75. The fraction of sp³-hybridized carbons (Fsp3) is 0.357. The number of nitrogens with zero attached hydrogens (tertiary/aromatic N) is 3. The summed E-state index contributed by atoms with van der Waals surface area (Å²) >= 11 is 0. The second-order valence-corrected chi connectivity index (χ2v) is 4.82. The highest BCUT2D eigenvalue weighted by molar-refractivity contribution is 5.94. The summed E-state index contributed by atoms with van der Waals surface area (Å²) in [6.07, 6.45) is 1.04. The molecule has 1 aliphatic heterocycles. The molecule has 0 aromatic heterocycles. The standard InChI is InChI=1S/C14H15N3O5/c1-10(18)16-8-6-11(7-9-16)15-22-14(19)12-4-2-3-5-13(12)17(20)21/h2-5H,6-9H2,1H3. The lowest BCUT2D eigenvalue weighted by Gasteiger charge is -2.25. The monoisotopic (exact) mass is 305 g/mol. The Morgan fingerprint density at radius 3 is 2.50 bits per heavy atom. The molecule has 0 N–H and O–H groups in total. The van der Waals surface area contributed by atoms with Crippen LogP contribution in [0.4, 0.5) is 5.69 Å². The number of hydrogen-bond donors (Lipinski definition) is 0. The molecule has 0 spiro atoms. The molecule has 0 saturated carbocycles. The summed E-state index contributed by atoms with van der Waals surface area (Å²) < 4.78 is 0. The molecule has 1 heterocycles. The van der Waals surface area contributed by atoms with Gasteiger partial charge in [-0.1, -0.05) is 17.3 Å². The van der Waals surface area contributed by atoms with Crippen molar-refractivity contribution in [3.8, 4) is 0 Å². The van der Waals surface area contributed by atoms with Crippen LogP contribution >= 0.6 is 0 Å². The SMILES string of the molecule is CC(=O)N1CCC(=NOC(=O)c2ccccc2[N+](=O)[O-])CC1. The molecule has 2 rings (SSSR count). The predicted octanol–water partition coefficient (Wildman–Crippen LogP) is 1.75. The summed E-state index contributed by atoms with van der Waals surface area (Å²) in [5.41, 5.74) is 0.196. The Morgan fingerprint density at radius 1 is 1.27 bits per heavy atom.